The molecule has 2 heterocycles. The first-order chi connectivity index (χ1) is 12.2. The Labute approximate surface area is 147 Å². The van der Waals surface area contributed by atoms with Gasteiger partial charge in [0.1, 0.15) is 0 Å². The third-order valence-corrected chi connectivity index (χ3v) is 4.49. The van der Waals surface area contributed by atoms with Crippen molar-refractivity contribution in [3.05, 3.63) is 52.6 Å². The molecule has 1 amide bonds. The molecule has 0 aromatic carbocycles. The van der Waals surface area contributed by atoms with E-state index in [0.717, 1.165) is 42.7 Å². The summed E-state index contributed by atoms with van der Waals surface area (Å²) in [6.45, 7) is 4.68. The highest BCUT2D eigenvalue weighted by Gasteiger charge is 2.23. The molecule has 1 aliphatic carbocycles. The molecule has 0 atom stereocenters. The maximum Gasteiger partial charge on any atom is 0.433 e. The molecule has 1 aliphatic rings. The van der Waals surface area contributed by atoms with Gasteiger partial charge in [-0.1, -0.05) is 18.1 Å². The number of carbonyl (C=O) groups excluding carboxylic acids is 1. The van der Waals surface area contributed by atoms with Crippen molar-refractivity contribution >= 4 is 11.8 Å². The van der Waals surface area contributed by atoms with Gasteiger partial charge in [0, 0.05) is 41.8 Å². The molecule has 132 valence electrons. The maximum atomic E-state index is 11.9. The average Bonchev–Trinajstić information content (AvgIpc) is 2.96. The van der Waals surface area contributed by atoms with Gasteiger partial charge in [0.15, 0.2) is 0 Å². The normalized spacial score (nSPS) is 15.0. The molecular weight excluding hydrogens is 316 g/mol. The van der Waals surface area contributed by atoms with E-state index in [1.807, 2.05) is 18.2 Å². The van der Waals surface area contributed by atoms with Crippen molar-refractivity contribution in [1.29, 1.82) is 0 Å². The molecule has 0 saturated carbocycles. The number of aromatic nitrogens is 2. The SMILES string of the molecule is CCc1c(C)[nH]c2c1/C(=N/OC(=O)NCCc1ccccn1)CCC2. The second kappa shape index (κ2) is 7.96. The van der Waals surface area contributed by atoms with Crippen molar-refractivity contribution in [3.63, 3.8) is 0 Å². The summed E-state index contributed by atoms with van der Waals surface area (Å²) in [5.41, 5.74) is 6.60. The summed E-state index contributed by atoms with van der Waals surface area (Å²) in [7, 11) is 0. The van der Waals surface area contributed by atoms with Crippen LogP contribution in [0.2, 0.25) is 0 Å². The molecule has 0 saturated heterocycles. The van der Waals surface area contributed by atoms with Gasteiger partial charge in [-0.2, -0.15) is 0 Å². The van der Waals surface area contributed by atoms with Crippen LogP contribution in [0.15, 0.2) is 29.6 Å². The molecule has 0 spiro atoms. The van der Waals surface area contributed by atoms with Gasteiger partial charge in [-0.3, -0.25) is 9.82 Å². The summed E-state index contributed by atoms with van der Waals surface area (Å²) in [5.74, 6) is 0. The zero-order valence-electron chi connectivity index (χ0n) is 14.8. The lowest BCUT2D eigenvalue weighted by Crippen LogP contribution is -2.26. The molecule has 0 radical (unpaired) electrons. The highest BCUT2D eigenvalue weighted by Crippen LogP contribution is 2.27. The van der Waals surface area contributed by atoms with E-state index >= 15 is 0 Å². The summed E-state index contributed by atoms with van der Waals surface area (Å²) >= 11 is 0. The minimum absolute atomic E-state index is 0.468. The van der Waals surface area contributed by atoms with Crippen LogP contribution in [0.5, 0.6) is 0 Å². The van der Waals surface area contributed by atoms with Crippen LogP contribution in [0.4, 0.5) is 4.79 Å². The fourth-order valence-electron chi connectivity index (χ4n) is 3.33. The first-order valence-corrected chi connectivity index (χ1v) is 8.81. The molecule has 0 aliphatic heterocycles. The third-order valence-electron chi connectivity index (χ3n) is 4.49. The van der Waals surface area contributed by atoms with Crippen LogP contribution < -0.4 is 5.32 Å². The second-order valence-electron chi connectivity index (χ2n) is 6.20. The van der Waals surface area contributed by atoms with Crippen LogP contribution in [-0.4, -0.2) is 28.3 Å². The van der Waals surface area contributed by atoms with E-state index in [4.69, 9.17) is 4.84 Å². The van der Waals surface area contributed by atoms with E-state index in [0.29, 0.717) is 13.0 Å². The largest absolute Gasteiger partial charge is 0.433 e. The summed E-state index contributed by atoms with van der Waals surface area (Å²) in [4.78, 5) is 24.6. The van der Waals surface area contributed by atoms with Crippen molar-refractivity contribution < 1.29 is 9.63 Å². The van der Waals surface area contributed by atoms with Crippen LogP contribution >= 0.6 is 0 Å². The molecule has 0 bridgehead atoms. The number of fused-ring (bicyclic) bond motifs is 1. The first-order valence-electron chi connectivity index (χ1n) is 8.81. The van der Waals surface area contributed by atoms with Crippen LogP contribution in [0.1, 0.15) is 48.0 Å². The van der Waals surface area contributed by atoms with Gasteiger partial charge in [0.2, 0.25) is 0 Å². The van der Waals surface area contributed by atoms with E-state index in [9.17, 15) is 4.79 Å². The Balaban J connectivity index is 1.58. The number of hydrogen-bond donors (Lipinski definition) is 2. The fraction of sp³-hybridized carbons (Fsp3) is 0.421. The summed E-state index contributed by atoms with van der Waals surface area (Å²) < 4.78 is 0. The number of aromatic amines is 1. The van der Waals surface area contributed by atoms with Gasteiger partial charge < -0.3 is 10.3 Å². The van der Waals surface area contributed by atoms with E-state index in [-0.39, 0.29) is 0 Å². The number of aryl methyl sites for hydroxylation is 2. The van der Waals surface area contributed by atoms with Crippen molar-refractivity contribution in [2.45, 2.75) is 46.0 Å². The molecule has 0 fully saturated rings. The average molecular weight is 340 g/mol. The number of rotatable bonds is 5. The quantitative estimate of drug-likeness (QED) is 0.647. The highest BCUT2D eigenvalue weighted by atomic mass is 16.7. The summed E-state index contributed by atoms with van der Waals surface area (Å²) in [5, 5.41) is 6.85. The van der Waals surface area contributed by atoms with Gasteiger partial charge in [0.25, 0.3) is 0 Å². The molecule has 25 heavy (non-hydrogen) atoms. The van der Waals surface area contributed by atoms with Crippen LogP contribution in [0.3, 0.4) is 0 Å². The Bertz CT molecular complexity index is 765. The van der Waals surface area contributed by atoms with E-state index < -0.39 is 6.09 Å². The number of pyridine rings is 1. The van der Waals surface area contributed by atoms with E-state index in [2.05, 4.69) is 34.3 Å². The van der Waals surface area contributed by atoms with Crippen molar-refractivity contribution in [3.8, 4) is 0 Å². The fourth-order valence-corrected chi connectivity index (χ4v) is 3.33. The van der Waals surface area contributed by atoms with Gasteiger partial charge in [0.05, 0.1) is 5.71 Å². The summed E-state index contributed by atoms with van der Waals surface area (Å²) in [6, 6.07) is 5.72. The molecule has 2 aromatic heterocycles. The monoisotopic (exact) mass is 340 g/mol. The zero-order valence-corrected chi connectivity index (χ0v) is 14.8. The number of H-pyrrole nitrogens is 1. The molecule has 2 aromatic rings. The number of oxime groups is 1. The highest BCUT2D eigenvalue weighted by molar-refractivity contribution is 6.04. The van der Waals surface area contributed by atoms with Crippen LogP contribution in [0.25, 0.3) is 0 Å². The molecule has 3 rings (SSSR count). The zero-order chi connectivity index (χ0) is 17.6. The molecule has 2 N–H and O–H groups in total. The van der Waals surface area contributed by atoms with Crippen LogP contribution in [0, 0.1) is 6.92 Å². The predicted octanol–water partition coefficient (Wildman–Crippen LogP) is 3.29. The first kappa shape index (κ1) is 17.2. The van der Waals surface area contributed by atoms with Crippen molar-refractivity contribution in [2.24, 2.45) is 5.16 Å². The lowest BCUT2D eigenvalue weighted by Gasteiger charge is -2.15. The lowest BCUT2D eigenvalue weighted by molar-refractivity contribution is 0.150. The van der Waals surface area contributed by atoms with Crippen LogP contribution in [-0.2, 0) is 24.1 Å². The molecular formula is C19H24N4O2. The smallest absolute Gasteiger partial charge is 0.362 e. The Morgan fingerprint density at radius 1 is 1.40 bits per heavy atom. The van der Waals surface area contributed by atoms with Crippen molar-refractivity contribution in [1.82, 2.24) is 15.3 Å². The van der Waals surface area contributed by atoms with E-state index in [1.54, 1.807) is 6.20 Å². The van der Waals surface area contributed by atoms with Gasteiger partial charge in [-0.05, 0) is 50.3 Å². The predicted molar refractivity (Wildman–Crippen MR) is 96.8 cm³/mol. The second-order valence-corrected chi connectivity index (χ2v) is 6.20. The number of carbonyl (C=O) groups is 1. The topological polar surface area (TPSA) is 79.4 Å². The molecule has 0 unspecified atom stereocenters. The Morgan fingerprint density at radius 3 is 3.04 bits per heavy atom. The standard InChI is InChI=1S/C19H24N4O2/c1-3-15-13(2)22-16-8-6-9-17(18(15)16)23-25-19(24)21-12-10-14-7-4-5-11-20-14/h4-5,7,11,22H,3,6,8-10,12H2,1-2H3,(H,21,24)/b23-17+. The Kier molecular flexibility index (Phi) is 5.48. The van der Waals surface area contributed by atoms with Gasteiger partial charge >= 0.3 is 6.09 Å². The van der Waals surface area contributed by atoms with Gasteiger partial charge in [-0.15, -0.1) is 0 Å². The number of amides is 1. The number of hydrogen-bond acceptors (Lipinski definition) is 4. The number of nitrogens with zero attached hydrogens (tertiary/aromatic N) is 2. The Hall–Kier alpha value is -2.63. The lowest BCUT2D eigenvalue weighted by atomic mass is 9.92. The van der Waals surface area contributed by atoms with E-state index in [1.165, 1.54) is 17.0 Å². The summed E-state index contributed by atoms with van der Waals surface area (Å²) in [6.07, 6.45) is 5.68. The Morgan fingerprint density at radius 2 is 2.28 bits per heavy atom. The minimum Gasteiger partial charge on any atom is -0.362 e. The maximum absolute atomic E-state index is 11.9. The van der Waals surface area contributed by atoms with Gasteiger partial charge in [-0.25, -0.2) is 4.79 Å². The molecule has 6 nitrogen and oxygen atoms in total. The number of nitrogens with one attached hydrogen (secondary N) is 2. The van der Waals surface area contributed by atoms with Crippen molar-refractivity contribution in [2.75, 3.05) is 6.54 Å². The molecule has 6 heteroatoms. The third kappa shape index (κ3) is 4.07. The minimum atomic E-state index is -0.527.